The normalized spacial score (nSPS) is 13.3. The van der Waals surface area contributed by atoms with Crippen molar-refractivity contribution in [2.45, 2.75) is 46.4 Å². The van der Waals surface area contributed by atoms with Crippen molar-refractivity contribution in [3.63, 3.8) is 0 Å². The van der Waals surface area contributed by atoms with Gasteiger partial charge in [-0.1, -0.05) is 18.2 Å². The van der Waals surface area contributed by atoms with E-state index in [1.807, 2.05) is 39.0 Å². The van der Waals surface area contributed by atoms with Gasteiger partial charge in [-0.2, -0.15) is 0 Å². The van der Waals surface area contributed by atoms with Crippen molar-refractivity contribution in [3.05, 3.63) is 71.0 Å². The third kappa shape index (κ3) is 5.40. The van der Waals surface area contributed by atoms with Crippen LogP contribution in [0.4, 0.5) is 14.9 Å². The summed E-state index contributed by atoms with van der Waals surface area (Å²) in [6, 6.07) is 11.7. The van der Waals surface area contributed by atoms with Crippen LogP contribution >= 0.6 is 0 Å². The Labute approximate surface area is 170 Å². The largest absolute Gasteiger partial charge is 0.456 e. The summed E-state index contributed by atoms with van der Waals surface area (Å²) in [5.74, 6) is 1.36. The van der Waals surface area contributed by atoms with Gasteiger partial charge in [0.05, 0.1) is 5.69 Å². The Kier molecular flexibility index (Phi) is 5.68. The number of nitrogens with two attached hydrogens (primary N) is 1. The third-order valence-electron chi connectivity index (χ3n) is 4.24. The topological polar surface area (TPSA) is 76.8 Å². The molecule has 2 aromatic rings. The van der Waals surface area contributed by atoms with Crippen molar-refractivity contribution in [2.24, 2.45) is 5.73 Å². The zero-order valence-electron chi connectivity index (χ0n) is 17.1. The highest BCUT2D eigenvalue weighted by molar-refractivity contribution is 5.69. The van der Waals surface area contributed by atoms with E-state index in [0.717, 1.165) is 11.3 Å². The zero-order chi connectivity index (χ0) is 21.2. The van der Waals surface area contributed by atoms with E-state index >= 15 is 0 Å². The van der Waals surface area contributed by atoms with Gasteiger partial charge in [0.2, 0.25) is 0 Å². The Morgan fingerprint density at radius 1 is 1.17 bits per heavy atom. The Bertz CT molecular complexity index is 951. The lowest BCUT2D eigenvalue weighted by Gasteiger charge is -2.28. The standard InChI is InChI=1S/C22H26FN3O3/c1-14-20(24)25-18-11-16(8-9-19(18)28-14)13-26(21(27)29-22(2,3)4)12-15-6-5-7-17(23)10-15/h5-11,25H,12-13,24H2,1-4H3. The molecule has 0 saturated carbocycles. The van der Waals surface area contributed by atoms with Crippen molar-refractivity contribution in [3.8, 4) is 5.75 Å². The molecule has 0 saturated heterocycles. The molecule has 6 nitrogen and oxygen atoms in total. The molecular weight excluding hydrogens is 373 g/mol. The maximum absolute atomic E-state index is 13.6. The number of carbonyl (C=O) groups is 1. The number of hydrogen-bond acceptors (Lipinski definition) is 5. The average molecular weight is 399 g/mol. The van der Waals surface area contributed by atoms with E-state index < -0.39 is 11.7 Å². The molecule has 0 atom stereocenters. The molecule has 1 aliphatic rings. The van der Waals surface area contributed by atoms with Crippen LogP contribution in [0, 0.1) is 5.82 Å². The highest BCUT2D eigenvalue weighted by Crippen LogP contribution is 2.32. The van der Waals surface area contributed by atoms with E-state index in [9.17, 15) is 9.18 Å². The molecule has 1 heterocycles. The van der Waals surface area contributed by atoms with Crippen LogP contribution in [0.3, 0.4) is 0 Å². The molecular formula is C22H26FN3O3. The van der Waals surface area contributed by atoms with Gasteiger partial charge in [-0.05, 0) is 63.1 Å². The summed E-state index contributed by atoms with van der Waals surface area (Å²) >= 11 is 0. The summed E-state index contributed by atoms with van der Waals surface area (Å²) in [5, 5.41) is 3.10. The quantitative estimate of drug-likeness (QED) is 0.778. The number of nitrogens with one attached hydrogen (secondary N) is 1. The minimum Gasteiger partial charge on any atom is -0.456 e. The Balaban J connectivity index is 1.83. The van der Waals surface area contributed by atoms with Crippen LogP contribution in [0.15, 0.2) is 54.0 Å². The summed E-state index contributed by atoms with van der Waals surface area (Å²) in [7, 11) is 0. The SMILES string of the molecule is CC1=C(N)Nc2cc(CN(Cc3cccc(F)c3)C(=O)OC(C)(C)C)ccc2O1. The number of benzene rings is 2. The molecule has 0 spiro atoms. The molecule has 0 bridgehead atoms. The average Bonchev–Trinajstić information content (AvgIpc) is 2.61. The molecule has 0 radical (unpaired) electrons. The van der Waals surface area contributed by atoms with Crippen LogP contribution in [-0.2, 0) is 17.8 Å². The zero-order valence-corrected chi connectivity index (χ0v) is 17.1. The number of carbonyl (C=O) groups excluding carboxylic acids is 1. The minimum atomic E-state index is -0.640. The first-order valence-corrected chi connectivity index (χ1v) is 9.37. The lowest BCUT2D eigenvalue weighted by molar-refractivity contribution is 0.0216. The smallest absolute Gasteiger partial charge is 0.410 e. The highest BCUT2D eigenvalue weighted by Gasteiger charge is 2.23. The minimum absolute atomic E-state index is 0.217. The first-order valence-electron chi connectivity index (χ1n) is 9.37. The molecule has 29 heavy (non-hydrogen) atoms. The number of nitrogens with zero attached hydrogens (tertiary/aromatic N) is 1. The maximum atomic E-state index is 13.6. The number of hydrogen-bond donors (Lipinski definition) is 2. The fourth-order valence-corrected chi connectivity index (χ4v) is 2.90. The molecule has 1 aliphatic heterocycles. The maximum Gasteiger partial charge on any atom is 0.410 e. The molecule has 3 rings (SSSR count). The second-order valence-electron chi connectivity index (χ2n) is 7.99. The fourth-order valence-electron chi connectivity index (χ4n) is 2.90. The van der Waals surface area contributed by atoms with Crippen LogP contribution in [0.25, 0.3) is 0 Å². The Morgan fingerprint density at radius 3 is 2.52 bits per heavy atom. The van der Waals surface area contributed by atoms with Crippen molar-refractivity contribution in [1.29, 1.82) is 0 Å². The van der Waals surface area contributed by atoms with E-state index in [1.54, 1.807) is 19.1 Å². The Morgan fingerprint density at radius 2 is 1.86 bits per heavy atom. The lowest BCUT2D eigenvalue weighted by atomic mass is 10.1. The summed E-state index contributed by atoms with van der Waals surface area (Å²) < 4.78 is 24.8. The van der Waals surface area contributed by atoms with Gasteiger partial charge in [-0.25, -0.2) is 9.18 Å². The van der Waals surface area contributed by atoms with E-state index in [4.69, 9.17) is 15.2 Å². The van der Waals surface area contributed by atoms with E-state index in [1.165, 1.54) is 17.0 Å². The first kappa shape index (κ1) is 20.5. The fraction of sp³-hybridized carbons (Fsp3) is 0.318. The number of anilines is 1. The molecule has 1 amide bonds. The molecule has 7 heteroatoms. The second kappa shape index (κ2) is 8.03. The summed E-state index contributed by atoms with van der Waals surface area (Å²) in [4.78, 5) is 14.3. The van der Waals surface area contributed by atoms with Crippen molar-refractivity contribution < 1.29 is 18.7 Å². The van der Waals surface area contributed by atoms with Gasteiger partial charge in [0.25, 0.3) is 0 Å². The molecule has 0 unspecified atom stereocenters. The number of rotatable bonds is 4. The predicted molar refractivity (Wildman–Crippen MR) is 109 cm³/mol. The monoisotopic (exact) mass is 399 g/mol. The van der Waals surface area contributed by atoms with Gasteiger partial charge in [0.15, 0.2) is 5.75 Å². The number of amides is 1. The molecule has 0 aromatic heterocycles. The number of allylic oxidation sites excluding steroid dienone is 1. The summed E-state index contributed by atoms with van der Waals surface area (Å²) in [6.45, 7) is 7.70. The van der Waals surface area contributed by atoms with Gasteiger partial charge in [0, 0.05) is 13.1 Å². The molecule has 0 fully saturated rings. The van der Waals surface area contributed by atoms with Crippen molar-refractivity contribution in [1.82, 2.24) is 4.90 Å². The van der Waals surface area contributed by atoms with E-state index in [-0.39, 0.29) is 18.9 Å². The van der Waals surface area contributed by atoms with Gasteiger partial charge >= 0.3 is 6.09 Å². The van der Waals surface area contributed by atoms with Gasteiger partial charge < -0.3 is 20.5 Å². The van der Waals surface area contributed by atoms with Crippen LogP contribution in [0.1, 0.15) is 38.8 Å². The van der Waals surface area contributed by atoms with Gasteiger partial charge in [0.1, 0.15) is 23.0 Å². The highest BCUT2D eigenvalue weighted by atomic mass is 19.1. The summed E-state index contributed by atoms with van der Waals surface area (Å²) in [6.07, 6.45) is -0.473. The van der Waals surface area contributed by atoms with Gasteiger partial charge in [-0.15, -0.1) is 0 Å². The van der Waals surface area contributed by atoms with Crippen LogP contribution in [0.5, 0.6) is 5.75 Å². The third-order valence-corrected chi connectivity index (χ3v) is 4.24. The van der Waals surface area contributed by atoms with Crippen molar-refractivity contribution in [2.75, 3.05) is 5.32 Å². The van der Waals surface area contributed by atoms with Crippen LogP contribution in [0.2, 0.25) is 0 Å². The van der Waals surface area contributed by atoms with Crippen molar-refractivity contribution >= 4 is 11.8 Å². The molecule has 3 N–H and O–H groups in total. The lowest BCUT2D eigenvalue weighted by Crippen LogP contribution is -2.36. The molecule has 154 valence electrons. The molecule has 0 aliphatic carbocycles. The van der Waals surface area contributed by atoms with Crippen LogP contribution in [-0.4, -0.2) is 16.6 Å². The first-order chi connectivity index (χ1) is 13.6. The second-order valence-corrected chi connectivity index (χ2v) is 7.99. The van der Waals surface area contributed by atoms with Gasteiger partial charge in [-0.3, -0.25) is 4.90 Å². The predicted octanol–water partition coefficient (Wildman–Crippen LogP) is 4.72. The molecule has 2 aromatic carbocycles. The number of fused-ring (bicyclic) bond motifs is 1. The van der Waals surface area contributed by atoms with Crippen LogP contribution < -0.4 is 15.8 Å². The van der Waals surface area contributed by atoms with E-state index in [2.05, 4.69) is 5.32 Å². The number of halogens is 1. The van der Waals surface area contributed by atoms with E-state index in [0.29, 0.717) is 22.9 Å². The summed E-state index contributed by atoms with van der Waals surface area (Å²) in [5.41, 5.74) is 7.52. The Hall–Kier alpha value is -3.22. The number of ether oxygens (including phenoxy) is 2.